The van der Waals surface area contributed by atoms with Crippen molar-refractivity contribution in [3.05, 3.63) is 0 Å². The van der Waals surface area contributed by atoms with Crippen LogP contribution in [0.3, 0.4) is 0 Å². The van der Waals surface area contributed by atoms with Crippen LogP contribution < -0.4 is 11.5 Å². The van der Waals surface area contributed by atoms with Crippen molar-refractivity contribution in [2.45, 2.75) is 45.8 Å². The van der Waals surface area contributed by atoms with Crippen molar-refractivity contribution >= 4 is 23.5 Å². The first-order valence-corrected chi connectivity index (χ1v) is 7.47. The summed E-state index contributed by atoms with van der Waals surface area (Å²) in [4.78, 5) is 48.0. The van der Waals surface area contributed by atoms with Crippen LogP contribution in [0.1, 0.15) is 33.6 Å². The van der Waals surface area contributed by atoms with Crippen LogP contribution in [0, 0.1) is 11.3 Å². The van der Waals surface area contributed by atoms with Crippen LogP contribution >= 0.6 is 0 Å². The van der Waals surface area contributed by atoms with Crippen molar-refractivity contribution in [2.24, 2.45) is 22.8 Å². The van der Waals surface area contributed by atoms with E-state index >= 15 is 0 Å². The van der Waals surface area contributed by atoms with Gasteiger partial charge in [0.05, 0.1) is 0 Å². The molecule has 8 nitrogen and oxygen atoms in total. The summed E-state index contributed by atoms with van der Waals surface area (Å²) in [5.74, 6) is -2.26. The summed E-state index contributed by atoms with van der Waals surface area (Å²) in [6.07, 6.45) is -0.575. The van der Waals surface area contributed by atoms with Crippen LogP contribution in [0.25, 0.3) is 0 Å². The molecule has 3 amide bonds. The highest BCUT2D eigenvalue weighted by Gasteiger charge is 2.44. The molecule has 8 heteroatoms. The van der Waals surface area contributed by atoms with Crippen molar-refractivity contribution in [1.29, 1.82) is 0 Å². The van der Waals surface area contributed by atoms with Gasteiger partial charge in [0.15, 0.2) is 11.9 Å². The van der Waals surface area contributed by atoms with Gasteiger partial charge in [-0.15, -0.1) is 0 Å². The molecular weight excluding hydrogens is 302 g/mol. The van der Waals surface area contributed by atoms with Gasteiger partial charge in [-0.3, -0.25) is 19.2 Å². The first-order valence-electron chi connectivity index (χ1n) is 7.47. The standard InChI is InChI=1S/C15H25N3O5/c1-8(13(16)21)15(2,3)6-5-10(20)18(4)11-9(19)7-23-12(11)14(17)22/h8,11-12H,5-7H2,1-4H3,(H2,16,21)(H2,17,22)/t8?,11?,12-/m0/s1. The Morgan fingerprint density at radius 1 is 1.35 bits per heavy atom. The molecule has 1 heterocycles. The zero-order valence-corrected chi connectivity index (χ0v) is 14.0. The van der Waals surface area contributed by atoms with E-state index in [1.54, 1.807) is 6.92 Å². The molecule has 0 aromatic heterocycles. The maximum atomic E-state index is 12.3. The van der Waals surface area contributed by atoms with E-state index in [2.05, 4.69) is 0 Å². The van der Waals surface area contributed by atoms with Crippen LogP contribution in [-0.2, 0) is 23.9 Å². The number of carbonyl (C=O) groups excluding carboxylic acids is 4. The number of carbonyl (C=O) groups is 4. The monoisotopic (exact) mass is 327 g/mol. The molecule has 2 unspecified atom stereocenters. The molecule has 0 spiro atoms. The number of hydrogen-bond donors (Lipinski definition) is 2. The Bertz CT molecular complexity index is 517. The molecule has 0 radical (unpaired) electrons. The average molecular weight is 327 g/mol. The van der Waals surface area contributed by atoms with E-state index < -0.39 is 35.3 Å². The first-order chi connectivity index (χ1) is 10.5. The highest BCUT2D eigenvalue weighted by atomic mass is 16.5. The molecule has 0 aliphatic carbocycles. The third-order valence-electron chi connectivity index (χ3n) is 4.70. The van der Waals surface area contributed by atoms with Gasteiger partial charge in [0, 0.05) is 19.4 Å². The molecule has 130 valence electrons. The molecule has 1 saturated heterocycles. The fourth-order valence-corrected chi connectivity index (χ4v) is 2.54. The van der Waals surface area contributed by atoms with Gasteiger partial charge < -0.3 is 21.1 Å². The second-order valence-corrected chi connectivity index (χ2v) is 6.66. The van der Waals surface area contributed by atoms with Crippen LogP contribution in [0.2, 0.25) is 0 Å². The van der Waals surface area contributed by atoms with Gasteiger partial charge in [-0.2, -0.15) is 0 Å². The molecule has 0 bridgehead atoms. The zero-order valence-electron chi connectivity index (χ0n) is 14.0. The lowest BCUT2D eigenvalue weighted by Gasteiger charge is -2.31. The second kappa shape index (κ2) is 7.08. The van der Waals surface area contributed by atoms with Gasteiger partial charge in [0.25, 0.3) is 0 Å². The number of ether oxygens (including phenoxy) is 1. The van der Waals surface area contributed by atoms with Crippen LogP contribution in [0.5, 0.6) is 0 Å². The lowest BCUT2D eigenvalue weighted by atomic mass is 9.76. The summed E-state index contributed by atoms with van der Waals surface area (Å²) < 4.78 is 5.05. The Balaban J connectivity index is 2.72. The smallest absolute Gasteiger partial charge is 0.249 e. The van der Waals surface area contributed by atoms with E-state index in [1.165, 1.54) is 11.9 Å². The molecule has 0 aromatic carbocycles. The SMILES string of the molecule is CC(C(N)=O)C(C)(C)CCC(=O)N(C)C1C(=O)CO[C@@H]1C(N)=O. The molecule has 3 atom stereocenters. The number of likely N-dealkylation sites (N-methyl/N-ethyl adjacent to an activating group) is 1. The summed E-state index contributed by atoms with van der Waals surface area (Å²) in [6.45, 7) is 5.19. The normalized spacial score (nSPS) is 22.7. The van der Waals surface area contributed by atoms with E-state index in [1.807, 2.05) is 13.8 Å². The predicted octanol–water partition coefficient (Wildman–Crippen LogP) is -0.806. The molecular formula is C15H25N3O5. The zero-order chi connectivity index (χ0) is 17.9. The minimum absolute atomic E-state index is 0.121. The lowest BCUT2D eigenvalue weighted by molar-refractivity contribution is -0.140. The van der Waals surface area contributed by atoms with Crippen molar-refractivity contribution in [3.63, 3.8) is 0 Å². The molecule has 1 aliphatic heterocycles. The Labute approximate surface area is 135 Å². The van der Waals surface area contributed by atoms with Gasteiger partial charge >= 0.3 is 0 Å². The quantitative estimate of drug-likeness (QED) is 0.631. The first kappa shape index (κ1) is 19.1. The molecule has 1 aliphatic rings. The average Bonchev–Trinajstić information content (AvgIpc) is 2.84. The summed E-state index contributed by atoms with van der Waals surface area (Å²) in [7, 11) is 1.44. The topological polar surface area (TPSA) is 133 Å². The Morgan fingerprint density at radius 3 is 2.39 bits per heavy atom. The van der Waals surface area contributed by atoms with E-state index in [4.69, 9.17) is 16.2 Å². The van der Waals surface area contributed by atoms with E-state index in [9.17, 15) is 19.2 Å². The summed E-state index contributed by atoms with van der Waals surface area (Å²) in [5.41, 5.74) is 10.1. The maximum absolute atomic E-state index is 12.3. The third kappa shape index (κ3) is 4.28. The molecule has 0 saturated carbocycles. The number of nitrogens with zero attached hydrogens (tertiary/aromatic N) is 1. The number of hydrogen-bond acceptors (Lipinski definition) is 5. The maximum Gasteiger partial charge on any atom is 0.249 e. The molecule has 0 aromatic rings. The Morgan fingerprint density at radius 2 is 1.91 bits per heavy atom. The van der Waals surface area contributed by atoms with Gasteiger partial charge in [-0.05, 0) is 11.8 Å². The van der Waals surface area contributed by atoms with Crippen LogP contribution in [0.4, 0.5) is 0 Å². The highest BCUT2D eigenvalue weighted by Crippen LogP contribution is 2.32. The van der Waals surface area contributed by atoms with Crippen molar-refractivity contribution in [1.82, 2.24) is 4.90 Å². The van der Waals surface area contributed by atoms with E-state index in [0.29, 0.717) is 6.42 Å². The number of Topliss-reactive ketones (excluding diaryl/α,β-unsaturated/α-hetero) is 1. The van der Waals surface area contributed by atoms with Crippen molar-refractivity contribution in [3.8, 4) is 0 Å². The number of nitrogens with two attached hydrogens (primary N) is 2. The minimum atomic E-state index is -1.12. The molecule has 1 rings (SSSR count). The predicted molar refractivity (Wildman–Crippen MR) is 81.9 cm³/mol. The second-order valence-electron chi connectivity index (χ2n) is 6.66. The lowest BCUT2D eigenvalue weighted by Crippen LogP contribution is -2.50. The Hall–Kier alpha value is -1.96. The summed E-state index contributed by atoms with van der Waals surface area (Å²) in [5, 5.41) is 0. The number of amides is 3. The summed E-state index contributed by atoms with van der Waals surface area (Å²) in [6, 6.07) is -0.989. The van der Waals surface area contributed by atoms with Crippen molar-refractivity contribution in [2.75, 3.05) is 13.7 Å². The van der Waals surface area contributed by atoms with Gasteiger partial charge in [-0.25, -0.2) is 0 Å². The molecule has 1 fully saturated rings. The van der Waals surface area contributed by atoms with Crippen molar-refractivity contribution < 1.29 is 23.9 Å². The number of rotatable bonds is 7. The van der Waals surface area contributed by atoms with Gasteiger partial charge in [0.1, 0.15) is 12.6 Å². The number of ketones is 1. The summed E-state index contributed by atoms with van der Waals surface area (Å²) >= 11 is 0. The fourth-order valence-electron chi connectivity index (χ4n) is 2.54. The number of primary amides is 2. The highest BCUT2D eigenvalue weighted by molar-refractivity contribution is 5.98. The van der Waals surface area contributed by atoms with Crippen LogP contribution in [0.15, 0.2) is 0 Å². The van der Waals surface area contributed by atoms with Crippen LogP contribution in [-0.4, -0.2) is 54.2 Å². The molecule has 4 N–H and O–H groups in total. The van der Waals surface area contributed by atoms with Gasteiger partial charge in [-0.1, -0.05) is 20.8 Å². The van der Waals surface area contributed by atoms with E-state index in [0.717, 1.165) is 0 Å². The fraction of sp³-hybridized carbons (Fsp3) is 0.733. The Kier molecular flexibility index (Phi) is 5.87. The largest absolute Gasteiger partial charge is 0.369 e. The third-order valence-corrected chi connectivity index (χ3v) is 4.70. The molecule has 23 heavy (non-hydrogen) atoms. The minimum Gasteiger partial charge on any atom is -0.369 e. The van der Waals surface area contributed by atoms with Gasteiger partial charge in [0.2, 0.25) is 17.7 Å². The van der Waals surface area contributed by atoms with E-state index in [-0.39, 0.29) is 24.7 Å².